The summed E-state index contributed by atoms with van der Waals surface area (Å²) in [6.45, 7) is 5.04. The fourth-order valence-corrected chi connectivity index (χ4v) is 4.86. The van der Waals surface area contributed by atoms with Gasteiger partial charge in [0.25, 0.3) is 5.91 Å². The second-order valence-corrected chi connectivity index (χ2v) is 8.83. The van der Waals surface area contributed by atoms with E-state index >= 15 is 0 Å². The number of nitrogens with zero attached hydrogens (tertiary/aromatic N) is 2. The van der Waals surface area contributed by atoms with Crippen molar-refractivity contribution in [1.29, 1.82) is 0 Å². The van der Waals surface area contributed by atoms with Crippen LogP contribution >= 0.6 is 11.3 Å². The van der Waals surface area contributed by atoms with E-state index in [1.165, 1.54) is 10.4 Å². The van der Waals surface area contributed by atoms with Crippen molar-refractivity contribution in [1.82, 2.24) is 4.90 Å². The van der Waals surface area contributed by atoms with Crippen molar-refractivity contribution in [2.45, 2.75) is 32.4 Å². The van der Waals surface area contributed by atoms with Gasteiger partial charge in [0, 0.05) is 36.2 Å². The van der Waals surface area contributed by atoms with Gasteiger partial charge in [0.15, 0.2) is 0 Å². The number of rotatable bonds is 6. The SMILES string of the molecule is COc1ccccc1C(=O)N(c1ccc(C)cc1)C1CCN(Cc2cccs2)CC1. The van der Waals surface area contributed by atoms with Crippen LogP contribution in [0.5, 0.6) is 5.75 Å². The number of ether oxygens (including phenoxy) is 1. The highest BCUT2D eigenvalue weighted by Gasteiger charge is 2.31. The molecule has 0 radical (unpaired) electrons. The first-order valence-corrected chi connectivity index (χ1v) is 11.3. The Kier molecular flexibility index (Phi) is 6.50. The number of aryl methyl sites for hydroxylation is 1. The summed E-state index contributed by atoms with van der Waals surface area (Å²) in [5, 5.41) is 2.13. The molecule has 4 rings (SSSR count). The molecule has 5 heteroatoms. The molecular weight excluding hydrogens is 392 g/mol. The maximum atomic E-state index is 13.7. The molecule has 30 heavy (non-hydrogen) atoms. The molecule has 1 fully saturated rings. The standard InChI is InChI=1S/C25H28N2O2S/c1-19-9-11-20(12-10-19)27(25(28)23-7-3-4-8-24(23)29-2)21-13-15-26(16-14-21)18-22-6-5-17-30-22/h3-12,17,21H,13-16,18H2,1-2H3. The smallest absolute Gasteiger partial charge is 0.262 e. The summed E-state index contributed by atoms with van der Waals surface area (Å²) in [7, 11) is 1.62. The fraction of sp³-hybridized carbons (Fsp3) is 0.320. The third-order valence-electron chi connectivity index (χ3n) is 5.75. The lowest BCUT2D eigenvalue weighted by Crippen LogP contribution is -2.47. The molecule has 2 aromatic carbocycles. The number of benzene rings is 2. The number of methoxy groups -OCH3 is 1. The highest BCUT2D eigenvalue weighted by Crippen LogP contribution is 2.29. The summed E-state index contributed by atoms with van der Waals surface area (Å²) in [5.74, 6) is 0.628. The molecule has 2 heterocycles. The Morgan fingerprint density at radius 2 is 1.80 bits per heavy atom. The normalized spacial score (nSPS) is 15.1. The lowest BCUT2D eigenvalue weighted by molar-refractivity contribution is 0.0956. The van der Waals surface area contributed by atoms with E-state index < -0.39 is 0 Å². The molecule has 1 aliphatic rings. The number of para-hydroxylation sites is 1. The van der Waals surface area contributed by atoms with Crippen LogP contribution in [-0.4, -0.2) is 37.0 Å². The molecule has 1 aliphatic heterocycles. The van der Waals surface area contributed by atoms with Crippen molar-refractivity contribution < 1.29 is 9.53 Å². The number of anilines is 1. The van der Waals surface area contributed by atoms with Crippen molar-refractivity contribution in [3.63, 3.8) is 0 Å². The zero-order chi connectivity index (χ0) is 20.9. The second kappa shape index (κ2) is 9.45. The summed E-state index contributed by atoms with van der Waals surface area (Å²) in [6.07, 6.45) is 1.92. The molecule has 0 aliphatic carbocycles. The first kappa shape index (κ1) is 20.6. The molecule has 1 amide bonds. The minimum absolute atomic E-state index is 0.00742. The average Bonchev–Trinajstić information content (AvgIpc) is 3.29. The Bertz CT molecular complexity index is 961. The molecule has 1 saturated heterocycles. The van der Waals surface area contributed by atoms with E-state index in [0.717, 1.165) is 38.2 Å². The van der Waals surface area contributed by atoms with E-state index in [1.807, 2.05) is 40.5 Å². The number of hydrogen-bond donors (Lipinski definition) is 0. The molecule has 3 aromatic rings. The number of carbonyl (C=O) groups excluding carboxylic acids is 1. The zero-order valence-electron chi connectivity index (χ0n) is 17.6. The van der Waals surface area contributed by atoms with E-state index in [9.17, 15) is 4.79 Å². The van der Waals surface area contributed by atoms with E-state index in [-0.39, 0.29) is 11.9 Å². The topological polar surface area (TPSA) is 32.8 Å². The van der Waals surface area contributed by atoms with E-state index in [1.54, 1.807) is 7.11 Å². The van der Waals surface area contributed by atoms with Gasteiger partial charge >= 0.3 is 0 Å². The number of hydrogen-bond acceptors (Lipinski definition) is 4. The third kappa shape index (κ3) is 4.58. The quantitative estimate of drug-likeness (QED) is 0.537. The van der Waals surface area contributed by atoms with E-state index in [0.29, 0.717) is 11.3 Å². The summed E-state index contributed by atoms with van der Waals surface area (Å²) >= 11 is 1.81. The average molecular weight is 421 g/mol. The Morgan fingerprint density at radius 1 is 1.07 bits per heavy atom. The molecule has 0 saturated carbocycles. The van der Waals surface area contributed by atoms with Crippen molar-refractivity contribution >= 4 is 22.9 Å². The lowest BCUT2D eigenvalue weighted by Gasteiger charge is -2.38. The predicted molar refractivity (Wildman–Crippen MR) is 124 cm³/mol. The van der Waals surface area contributed by atoms with Gasteiger partial charge in [0.05, 0.1) is 12.7 Å². The summed E-state index contributed by atoms with van der Waals surface area (Å²) in [6, 6.07) is 20.2. The molecule has 0 N–H and O–H groups in total. The highest BCUT2D eigenvalue weighted by molar-refractivity contribution is 7.09. The van der Waals surface area contributed by atoms with Crippen LogP contribution in [0, 0.1) is 6.92 Å². The summed E-state index contributed by atoms with van der Waals surface area (Å²) in [5.41, 5.74) is 2.75. The Morgan fingerprint density at radius 3 is 2.47 bits per heavy atom. The van der Waals surface area contributed by atoms with Crippen LogP contribution in [-0.2, 0) is 6.54 Å². The number of thiophene rings is 1. The molecule has 0 spiro atoms. The minimum Gasteiger partial charge on any atom is -0.496 e. The van der Waals surface area contributed by atoms with Gasteiger partial charge in [-0.25, -0.2) is 0 Å². The van der Waals surface area contributed by atoms with Crippen LogP contribution in [0.25, 0.3) is 0 Å². The first-order chi connectivity index (χ1) is 14.7. The molecule has 156 valence electrons. The zero-order valence-corrected chi connectivity index (χ0v) is 18.4. The molecule has 0 unspecified atom stereocenters. The predicted octanol–water partition coefficient (Wildman–Crippen LogP) is 5.38. The summed E-state index contributed by atoms with van der Waals surface area (Å²) < 4.78 is 5.48. The van der Waals surface area contributed by atoms with Crippen molar-refractivity contribution in [3.8, 4) is 5.75 Å². The van der Waals surface area contributed by atoms with E-state index in [2.05, 4.69) is 53.6 Å². The van der Waals surface area contributed by atoms with Crippen LogP contribution in [0.2, 0.25) is 0 Å². The maximum Gasteiger partial charge on any atom is 0.262 e. The van der Waals surface area contributed by atoms with Crippen molar-refractivity contribution in [2.24, 2.45) is 0 Å². The number of carbonyl (C=O) groups is 1. The molecule has 0 bridgehead atoms. The van der Waals surface area contributed by atoms with E-state index in [4.69, 9.17) is 4.74 Å². The van der Waals surface area contributed by atoms with Gasteiger partial charge in [-0.05, 0) is 55.5 Å². The van der Waals surface area contributed by atoms with Crippen LogP contribution in [0.1, 0.15) is 33.6 Å². The van der Waals surface area contributed by atoms with Gasteiger partial charge in [-0.2, -0.15) is 0 Å². The Labute approximate surface area is 182 Å². The van der Waals surface area contributed by atoms with Crippen LogP contribution < -0.4 is 9.64 Å². The fourth-order valence-electron chi connectivity index (χ4n) is 4.11. The molecule has 1 aromatic heterocycles. The van der Waals surface area contributed by atoms with Gasteiger partial charge < -0.3 is 9.64 Å². The second-order valence-electron chi connectivity index (χ2n) is 7.80. The molecule has 0 atom stereocenters. The molecule has 4 nitrogen and oxygen atoms in total. The molecular formula is C25H28N2O2S. The minimum atomic E-state index is 0.00742. The Hall–Kier alpha value is -2.63. The van der Waals surface area contributed by atoms with Gasteiger partial charge in [-0.1, -0.05) is 35.9 Å². The number of amides is 1. The van der Waals surface area contributed by atoms with Gasteiger partial charge in [-0.15, -0.1) is 11.3 Å². The first-order valence-electron chi connectivity index (χ1n) is 10.4. The maximum absolute atomic E-state index is 13.7. The van der Waals surface area contributed by atoms with Gasteiger partial charge in [0.1, 0.15) is 5.75 Å². The largest absolute Gasteiger partial charge is 0.496 e. The van der Waals surface area contributed by atoms with Gasteiger partial charge in [-0.3, -0.25) is 9.69 Å². The number of likely N-dealkylation sites (tertiary alicyclic amines) is 1. The summed E-state index contributed by atoms with van der Waals surface area (Å²) in [4.78, 5) is 19.6. The van der Waals surface area contributed by atoms with Crippen LogP contribution in [0.15, 0.2) is 66.0 Å². The number of piperidine rings is 1. The van der Waals surface area contributed by atoms with Crippen molar-refractivity contribution in [2.75, 3.05) is 25.1 Å². The highest BCUT2D eigenvalue weighted by atomic mass is 32.1. The van der Waals surface area contributed by atoms with Crippen molar-refractivity contribution in [3.05, 3.63) is 82.0 Å². The van der Waals surface area contributed by atoms with Crippen LogP contribution in [0.4, 0.5) is 5.69 Å². The lowest BCUT2D eigenvalue weighted by atomic mass is 10.00. The Balaban J connectivity index is 1.57. The third-order valence-corrected chi connectivity index (χ3v) is 6.61. The monoisotopic (exact) mass is 420 g/mol. The van der Waals surface area contributed by atoms with Crippen LogP contribution in [0.3, 0.4) is 0 Å². The van der Waals surface area contributed by atoms with Gasteiger partial charge in [0.2, 0.25) is 0 Å².